The van der Waals surface area contributed by atoms with Crippen LogP contribution >= 0.6 is 0 Å². The van der Waals surface area contributed by atoms with Gasteiger partial charge >= 0.3 is 0 Å². The molecular weight excluding hydrogens is 593 g/mol. The second-order valence-corrected chi connectivity index (χ2v) is 11.7. The molecule has 1 saturated carbocycles. The topological polar surface area (TPSA) is 124 Å². The van der Waals surface area contributed by atoms with Gasteiger partial charge in [-0.2, -0.15) is 0 Å². The van der Waals surface area contributed by atoms with Gasteiger partial charge in [0, 0.05) is 24.0 Å². The summed E-state index contributed by atoms with van der Waals surface area (Å²) in [6, 6.07) is 14.0. The number of aromatic nitrogens is 2. The number of amides is 2. The molecule has 3 aromatic carbocycles. The highest BCUT2D eigenvalue weighted by atomic mass is 19.1. The molecule has 0 spiro atoms. The Hall–Kier alpha value is -4.97. The van der Waals surface area contributed by atoms with Gasteiger partial charge in [0.05, 0.1) is 12.1 Å². The fourth-order valence-corrected chi connectivity index (χ4v) is 5.78. The summed E-state index contributed by atoms with van der Waals surface area (Å²) in [5, 5.41) is 6.11. The molecule has 2 N–H and O–H groups in total. The van der Waals surface area contributed by atoms with Crippen LogP contribution in [-0.2, 0) is 9.59 Å². The number of fused-ring (bicyclic) bond motifs is 3. The molecule has 238 valence electrons. The lowest BCUT2D eigenvalue weighted by Crippen LogP contribution is -2.35. The number of hydrogen-bond acceptors (Lipinski definition) is 9. The molecule has 4 aromatic rings. The van der Waals surface area contributed by atoms with E-state index in [1.165, 1.54) is 43.4 Å². The van der Waals surface area contributed by atoms with Crippen LogP contribution in [0, 0.1) is 11.2 Å². The first-order chi connectivity index (χ1) is 22.5. The molecule has 2 fully saturated rings. The largest absolute Gasteiger partial charge is 0.489 e. The van der Waals surface area contributed by atoms with Crippen molar-refractivity contribution in [2.75, 3.05) is 50.1 Å². The number of benzene rings is 3. The van der Waals surface area contributed by atoms with Crippen molar-refractivity contribution in [3.05, 3.63) is 66.7 Å². The molecular formula is C34H34FN5O6. The third-order valence-corrected chi connectivity index (χ3v) is 8.47. The highest BCUT2D eigenvalue weighted by molar-refractivity contribution is 6.16. The number of nitrogens with zero attached hydrogens (tertiary/aromatic N) is 3. The molecule has 0 bridgehead atoms. The van der Waals surface area contributed by atoms with Gasteiger partial charge in [0.1, 0.15) is 41.9 Å². The summed E-state index contributed by atoms with van der Waals surface area (Å²) in [5.74, 6) is 1.10. The van der Waals surface area contributed by atoms with Crippen molar-refractivity contribution in [2.45, 2.75) is 32.1 Å². The SMILES string of the molecule is O=C(Nc1ccc(F)cc1)C1(C(=O)Nc2ccc(Oc3ncnc4cc(OCCCN5CCCC5)c5c(c34)OCCO5)cc2)CC1. The first-order valence-electron chi connectivity index (χ1n) is 15.6. The third kappa shape index (κ3) is 6.25. The summed E-state index contributed by atoms with van der Waals surface area (Å²) >= 11 is 0. The lowest BCUT2D eigenvalue weighted by Gasteiger charge is -2.23. The smallest absolute Gasteiger partial charge is 0.240 e. The molecule has 0 atom stereocenters. The van der Waals surface area contributed by atoms with Gasteiger partial charge in [0.25, 0.3) is 0 Å². The number of carbonyl (C=O) groups excluding carboxylic acids is 2. The van der Waals surface area contributed by atoms with Gasteiger partial charge in [-0.1, -0.05) is 0 Å². The summed E-state index contributed by atoms with van der Waals surface area (Å²) in [6.07, 6.45) is 5.70. The van der Waals surface area contributed by atoms with E-state index in [2.05, 4.69) is 25.5 Å². The Labute approximate surface area is 265 Å². The molecule has 0 unspecified atom stereocenters. The molecule has 1 aliphatic carbocycles. The maximum Gasteiger partial charge on any atom is 0.240 e. The molecule has 11 nitrogen and oxygen atoms in total. The highest BCUT2D eigenvalue weighted by Crippen LogP contribution is 2.49. The average molecular weight is 628 g/mol. The van der Waals surface area contributed by atoms with Crippen molar-refractivity contribution in [3.8, 4) is 28.9 Å². The van der Waals surface area contributed by atoms with E-state index in [-0.39, 0.29) is 0 Å². The van der Waals surface area contributed by atoms with E-state index in [1.807, 2.05) is 6.07 Å². The second kappa shape index (κ2) is 12.8. The van der Waals surface area contributed by atoms with Crippen LogP contribution in [0.3, 0.4) is 0 Å². The van der Waals surface area contributed by atoms with Crippen LogP contribution in [0.4, 0.5) is 15.8 Å². The van der Waals surface area contributed by atoms with Gasteiger partial charge in [0.15, 0.2) is 11.5 Å². The Morgan fingerprint density at radius 2 is 1.54 bits per heavy atom. The second-order valence-electron chi connectivity index (χ2n) is 11.7. The van der Waals surface area contributed by atoms with Crippen molar-refractivity contribution in [1.29, 1.82) is 0 Å². The normalized spacial score (nSPS) is 16.5. The van der Waals surface area contributed by atoms with Crippen LogP contribution in [0.15, 0.2) is 60.9 Å². The molecule has 3 heterocycles. The first kappa shape index (κ1) is 29.7. The summed E-state index contributed by atoms with van der Waals surface area (Å²) in [7, 11) is 0. The quantitative estimate of drug-likeness (QED) is 0.163. The van der Waals surface area contributed by atoms with Crippen LogP contribution in [0.5, 0.6) is 28.9 Å². The van der Waals surface area contributed by atoms with E-state index in [9.17, 15) is 14.0 Å². The van der Waals surface area contributed by atoms with E-state index in [1.54, 1.807) is 24.3 Å². The highest BCUT2D eigenvalue weighted by Gasteiger charge is 2.56. The average Bonchev–Trinajstić information content (AvgIpc) is 3.74. The fourth-order valence-electron chi connectivity index (χ4n) is 5.78. The number of anilines is 2. The minimum Gasteiger partial charge on any atom is -0.489 e. The van der Waals surface area contributed by atoms with E-state index in [0.717, 1.165) is 26.1 Å². The molecule has 7 rings (SSSR count). The van der Waals surface area contributed by atoms with E-state index < -0.39 is 23.0 Å². The van der Waals surface area contributed by atoms with Crippen molar-refractivity contribution in [1.82, 2.24) is 14.9 Å². The number of likely N-dealkylation sites (tertiary alicyclic amines) is 1. The zero-order valence-corrected chi connectivity index (χ0v) is 25.2. The maximum atomic E-state index is 13.2. The van der Waals surface area contributed by atoms with Crippen LogP contribution in [-0.4, -0.2) is 66.1 Å². The Morgan fingerprint density at radius 3 is 2.22 bits per heavy atom. The standard InChI is InChI=1S/C34H34FN5O6/c35-22-4-6-23(7-5-22)38-32(41)34(12-13-34)33(42)39-24-8-10-25(11-9-24)46-31-28-26(36-21-37-31)20-27(29-30(28)45-19-18-44-29)43-17-3-16-40-14-1-2-15-40/h4-11,20-21H,1-3,12-19H2,(H,38,41)(H,39,42). The van der Waals surface area contributed by atoms with Gasteiger partial charge < -0.3 is 34.5 Å². The predicted molar refractivity (Wildman–Crippen MR) is 168 cm³/mol. The van der Waals surface area contributed by atoms with Crippen molar-refractivity contribution >= 4 is 34.1 Å². The summed E-state index contributed by atoms with van der Waals surface area (Å²) in [4.78, 5) is 37.3. The molecule has 2 aliphatic heterocycles. The molecule has 1 saturated heterocycles. The lowest BCUT2D eigenvalue weighted by atomic mass is 10.0. The molecule has 0 radical (unpaired) electrons. The minimum atomic E-state index is -1.17. The number of halogens is 1. The number of ether oxygens (including phenoxy) is 4. The molecule has 46 heavy (non-hydrogen) atoms. The monoisotopic (exact) mass is 627 g/mol. The number of hydrogen-bond donors (Lipinski definition) is 2. The maximum absolute atomic E-state index is 13.2. The van der Waals surface area contributed by atoms with Gasteiger partial charge in [-0.25, -0.2) is 14.4 Å². The van der Waals surface area contributed by atoms with Crippen LogP contribution in [0.25, 0.3) is 10.9 Å². The van der Waals surface area contributed by atoms with E-state index in [0.29, 0.717) is 83.8 Å². The molecule has 1 aromatic heterocycles. The third-order valence-electron chi connectivity index (χ3n) is 8.47. The van der Waals surface area contributed by atoms with E-state index in [4.69, 9.17) is 18.9 Å². The fraction of sp³-hybridized carbons (Fsp3) is 0.353. The Bertz CT molecular complexity index is 1740. The van der Waals surface area contributed by atoms with Crippen LogP contribution in [0.2, 0.25) is 0 Å². The van der Waals surface area contributed by atoms with Gasteiger partial charge in [-0.3, -0.25) is 9.59 Å². The molecule has 12 heteroatoms. The molecule has 3 aliphatic rings. The molecule has 2 amide bonds. The van der Waals surface area contributed by atoms with Crippen molar-refractivity contribution < 1.29 is 32.9 Å². The number of carbonyl (C=O) groups is 2. The summed E-state index contributed by atoms with van der Waals surface area (Å²) in [5.41, 5.74) is 0.368. The summed E-state index contributed by atoms with van der Waals surface area (Å²) in [6.45, 7) is 4.62. The van der Waals surface area contributed by atoms with Crippen LogP contribution in [0.1, 0.15) is 32.1 Å². The van der Waals surface area contributed by atoms with Gasteiger partial charge in [-0.05, 0) is 93.7 Å². The predicted octanol–water partition coefficient (Wildman–Crippen LogP) is 5.55. The minimum absolute atomic E-state index is 0.290. The van der Waals surface area contributed by atoms with Crippen LogP contribution < -0.4 is 29.6 Å². The Morgan fingerprint density at radius 1 is 0.891 bits per heavy atom. The van der Waals surface area contributed by atoms with Crippen molar-refractivity contribution in [3.63, 3.8) is 0 Å². The summed E-state index contributed by atoms with van der Waals surface area (Å²) < 4.78 is 37.6. The van der Waals surface area contributed by atoms with Crippen molar-refractivity contribution in [2.24, 2.45) is 5.41 Å². The number of nitrogens with one attached hydrogen (secondary N) is 2. The first-order valence-corrected chi connectivity index (χ1v) is 15.6. The lowest BCUT2D eigenvalue weighted by molar-refractivity contribution is -0.131. The Kier molecular flexibility index (Phi) is 8.27. The Balaban J connectivity index is 1.02. The number of rotatable bonds is 11. The van der Waals surface area contributed by atoms with E-state index >= 15 is 0 Å². The zero-order chi connectivity index (χ0) is 31.5. The zero-order valence-electron chi connectivity index (χ0n) is 25.2. The van der Waals surface area contributed by atoms with Gasteiger partial charge in [0.2, 0.25) is 23.4 Å². The van der Waals surface area contributed by atoms with Gasteiger partial charge in [-0.15, -0.1) is 0 Å².